The van der Waals surface area contributed by atoms with Crippen molar-refractivity contribution in [3.8, 4) is 5.75 Å². The average molecular weight is 294 g/mol. The molecule has 0 saturated heterocycles. The predicted octanol–water partition coefficient (Wildman–Crippen LogP) is 3.75. The van der Waals surface area contributed by atoms with Gasteiger partial charge in [-0.1, -0.05) is 30.3 Å². The van der Waals surface area contributed by atoms with Gasteiger partial charge in [-0.15, -0.1) is 0 Å². The molecule has 4 heteroatoms. The maximum absolute atomic E-state index is 12.8. The fourth-order valence-corrected chi connectivity index (χ4v) is 2.74. The molecule has 2 aromatic carbocycles. The van der Waals surface area contributed by atoms with Gasteiger partial charge in [0.25, 0.3) is 5.91 Å². The highest BCUT2D eigenvalue weighted by Gasteiger charge is 2.19. The van der Waals surface area contributed by atoms with Crippen LogP contribution in [0.2, 0.25) is 0 Å². The van der Waals surface area contributed by atoms with Crippen LogP contribution in [0.3, 0.4) is 0 Å². The molecule has 0 aliphatic carbocycles. The van der Waals surface area contributed by atoms with Crippen LogP contribution in [0.25, 0.3) is 10.9 Å². The third kappa shape index (κ3) is 2.22. The highest BCUT2D eigenvalue weighted by molar-refractivity contribution is 6.14. The van der Waals surface area contributed by atoms with Crippen molar-refractivity contribution in [2.24, 2.45) is 7.05 Å². The summed E-state index contributed by atoms with van der Waals surface area (Å²) < 4.78 is 7.32. The number of rotatable bonds is 3. The van der Waals surface area contributed by atoms with Gasteiger partial charge in [-0.2, -0.15) is 0 Å². The van der Waals surface area contributed by atoms with E-state index in [-0.39, 0.29) is 5.91 Å². The molecule has 0 spiro atoms. The fraction of sp³-hybridized carbons (Fsp3) is 0.167. The molecule has 1 amide bonds. The number of para-hydroxylation sites is 3. The first-order valence-electron chi connectivity index (χ1n) is 7.12. The van der Waals surface area contributed by atoms with E-state index in [9.17, 15) is 4.79 Å². The molecule has 3 aromatic rings. The largest absolute Gasteiger partial charge is 0.495 e. The number of benzene rings is 2. The summed E-state index contributed by atoms with van der Waals surface area (Å²) in [6.07, 6.45) is 0. The van der Waals surface area contributed by atoms with Crippen molar-refractivity contribution < 1.29 is 9.53 Å². The molecular formula is C18H18N2O2. The normalized spacial score (nSPS) is 10.7. The van der Waals surface area contributed by atoms with Crippen molar-refractivity contribution in [1.82, 2.24) is 4.57 Å². The molecule has 0 atom stereocenters. The lowest BCUT2D eigenvalue weighted by atomic mass is 10.1. The predicted molar refractivity (Wildman–Crippen MR) is 88.6 cm³/mol. The first kappa shape index (κ1) is 14.2. The molecule has 0 aliphatic heterocycles. The minimum atomic E-state index is -0.126. The molecule has 1 aromatic heterocycles. The maximum atomic E-state index is 12.8. The van der Waals surface area contributed by atoms with Crippen LogP contribution in [0.4, 0.5) is 5.69 Å². The van der Waals surface area contributed by atoms with Crippen LogP contribution in [-0.2, 0) is 7.05 Å². The summed E-state index contributed by atoms with van der Waals surface area (Å²) in [5.74, 6) is 0.521. The molecule has 0 fully saturated rings. The number of hydrogen-bond donors (Lipinski definition) is 1. The van der Waals surface area contributed by atoms with E-state index in [1.807, 2.05) is 67.1 Å². The minimum absolute atomic E-state index is 0.126. The van der Waals surface area contributed by atoms with Gasteiger partial charge in [0, 0.05) is 23.6 Å². The van der Waals surface area contributed by atoms with E-state index in [0.29, 0.717) is 17.0 Å². The molecule has 0 unspecified atom stereocenters. The number of carbonyl (C=O) groups excluding carboxylic acids is 1. The van der Waals surface area contributed by atoms with E-state index < -0.39 is 0 Å². The Balaban J connectivity index is 2.05. The van der Waals surface area contributed by atoms with Crippen molar-refractivity contribution in [1.29, 1.82) is 0 Å². The molecular weight excluding hydrogens is 276 g/mol. The molecule has 3 rings (SSSR count). The number of aryl methyl sites for hydroxylation is 1. The Morgan fingerprint density at radius 3 is 2.55 bits per heavy atom. The molecule has 0 saturated carbocycles. The number of nitrogens with zero attached hydrogens (tertiary/aromatic N) is 1. The minimum Gasteiger partial charge on any atom is -0.495 e. The lowest BCUT2D eigenvalue weighted by molar-refractivity contribution is 0.102. The van der Waals surface area contributed by atoms with Crippen molar-refractivity contribution in [3.05, 3.63) is 59.8 Å². The number of fused-ring (bicyclic) bond motifs is 1. The Kier molecular flexibility index (Phi) is 3.59. The summed E-state index contributed by atoms with van der Waals surface area (Å²) in [7, 11) is 3.56. The molecule has 22 heavy (non-hydrogen) atoms. The van der Waals surface area contributed by atoms with Gasteiger partial charge in [-0.05, 0) is 25.1 Å². The number of nitrogens with one attached hydrogen (secondary N) is 1. The Hall–Kier alpha value is -2.75. The van der Waals surface area contributed by atoms with Gasteiger partial charge in [0.2, 0.25) is 0 Å². The number of aromatic nitrogens is 1. The quantitative estimate of drug-likeness (QED) is 0.799. The molecule has 1 heterocycles. The van der Waals surface area contributed by atoms with Crippen LogP contribution in [0.1, 0.15) is 16.1 Å². The van der Waals surface area contributed by atoms with Gasteiger partial charge in [0.05, 0.1) is 18.4 Å². The third-order valence-corrected chi connectivity index (χ3v) is 3.98. The smallest absolute Gasteiger partial charge is 0.258 e. The monoisotopic (exact) mass is 294 g/mol. The van der Waals surface area contributed by atoms with E-state index in [2.05, 4.69) is 5.32 Å². The fourth-order valence-electron chi connectivity index (χ4n) is 2.74. The second-order valence-electron chi connectivity index (χ2n) is 5.19. The van der Waals surface area contributed by atoms with Crippen LogP contribution in [-0.4, -0.2) is 17.6 Å². The van der Waals surface area contributed by atoms with Gasteiger partial charge < -0.3 is 14.6 Å². The summed E-state index contributed by atoms with van der Waals surface area (Å²) in [6.45, 7) is 1.96. The first-order valence-corrected chi connectivity index (χ1v) is 7.12. The van der Waals surface area contributed by atoms with Crippen LogP contribution in [0.5, 0.6) is 5.75 Å². The molecule has 0 aliphatic rings. The van der Waals surface area contributed by atoms with E-state index >= 15 is 0 Å². The first-order chi connectivity index (χ1) is 10.6. The summed E-state index contributed by atoms with van der Waals surface area (Å²) in [6, 6.07) is 15.3. The van der Waals surface area contributed by atoms with Gasteiger partial charge in [0.15, 0.2) is 0 Å². The van der Waals surface area contributed by atoms with Crippen LogP contribution < -0.4 is 10.1 Å². The van der Waals surface area contributed by atoms with Gasteiger partial charge in [-0.3, -0.25) is 4.79 Å². The Morgan fingerprint density at radius 1 is 1.09 bits per heavy atom. The topological polar surface area (TPSA) is 43.3 Å². The maximum Gasteiger partial charge on any atom is 0.258 e. The number of methoxy groups -OCH3 is 1. The SMILES string of the molecule is COc1ccccc1NC(=O)c1c(C)n(C)c2ccccc12. The van der Waals surface area contributed by atoms with Gasteiger partial charge in [-0.25, -0.2) is 0 Å². The van der Waals surface area contributed by atoms with Crippen molar-refractivity contribution >= 4 is 22.5 Å². The number of anilines is 1. The van der Waals surface area contributed by atoms with E-state index in [4.69, 9.17) is 4.74 Å². The third-order valence-electron chi connectivity index (χ3n) is 3.98. The van der Waals surface area contributed by atoms with E-state index in [1.54, 1.807) is 7.11 Å². The summed E-state index contributed by atoms with van der Waals surface area (Å²) >= 11 is 0. The average Bonchev–Trinajstić information content (AvgIpc) is 2.80. The van der Waals surface area contributed by atoms with Crippen LogP contribution in [0.15, 0.2) is 48.5 Å². The Bertz CT molecular complexity index is 849. The Morgan fingerprint density at radius 2 is 1.77 bits per heavy atom. The second kappa shape index (κ2) is 5.56. The number of ether oxygens (including phenoxy) is 1. The van der Waals surface area contributed by atoms with Crippen LogP contribution >= 0.6 is 0 Å². The number of hydrogen-bond acceptors (Lipinski definition) is 2. The Labute approximate surface area is 129 Å². The lowest BCUT2D eigenvalue weighted by Gasteiger charge is -2.10. The van der Waals surface area contributed by atoms with E-state index in [0.717, 1.165) is 16.6 Å². The summed E-state index contributed by atoms with van der Waals surface area (Å²) in [4.78, 5) is 12.8. The highest BCUT2D eigenvalue weighted by atomic mass is 16.5. The summed E-state index contributed by atoms with van der Waals surface area (Å²) in [5.41, 5.74) is 3.35. The summed E-state index contributed by atoms with van der Waals surface area (Å²) in [5, 5.41) is 3.90. The van der Waals surface area contributed by atoms with Gasteiger partial charge >= 0.3 is 0 Å². The van der Waals surface area contributed by atoms with Crippen LogP contribution in [0, 0.1) is 6.92 Å². The number of amides is 1. The van der Waals surface area contributed by atoms with E-state index in [1.165, 1.54) is 0 Å². The molecule has 0 radical (unpaired) electrons. The number of carbonyl (C=O) groups is 1. The van der Waals surface area contributed by atoms with Crippen molar-refractivity contribution in [2.45, 2.75) is 6.92 Å². The standard InChI is InChI=1S/C18H18N2O2/c1-12-17(13-8-4-6-10-15(13)20(12)2)18(21)19-14-9-5-7-11-16(14)22-3/h4-11H,1-3H3,(H,19,21). The second-order valence-corrected chi connectivity index (χ2v) is 5.19. The van der Waals surface area contributed by atoms with Crippen molar-refractivity contribution in [2.75, 3.05) is 12.4 Å². The zero-order valence-electron chi connectivity index (χ0n) is 12.9. The molecule has 0 bridgehead atoms. The molecule has 1 N–H and O–H groups in total. The zero-order valence-corrected chi connectivity index (χ0v) is 12.9. The zero-order chi connectivity index (χ0) is 15.7. The van der Waals surface area contributed by atoms with Gasteiger partial charge in [0.1, 0.15) is 5.75 Å². The lowest BCUT2D eigenvalue weighted by Crippen LogP contribution is -2.14. The molecule has 4 nitrogen and oxygen atoms in total. The molecule has 112 valence electrons. The highest BCUT2D eigenvalue weighted by Crippen LogP contribution is 2.28. The van der Waals surface area contributed by atoms with Crippen molar-refractivity contribution in [3.63, 3.8) is 0 Å².